The Hall–Kier alpha value is -2.03. The standard InChI is InChI=1S/C18H26BrN3O5/c1-18(2,3)27-17(25)20-9-6-15(23)22-10-7-12(8-11-22)21-16(24)13-4-5-14(19)26-13/h4-5,12H,6-11H2,1-3H3,(H,20,25)(H,21,24). The first-order valence-corrected chi connectivity index (χ1v) is 9.74. The van der Waals surface area contributed by atoms with Gasteiger partial charge in [0.05, 0.1) is 0 Å². The largest absolute Gasteiger partial charge is 0.444 e. The van der Waals surface area contributed by atoms with Gasteiger partial charge < -0.3 is 24.7 Å². The van der Waals surface area contributed by atoms with E-state index in [4.69, 9.17) is 9.15 Å². The van der Waals surface area contributed by atoms with Crippen LogP contribution >= 0.6 is 15.9 Å². The Balaban J connectivity index is 1.66. The van der Waals surface area contributed by atoms with Crippen molar-refractivity contribution in [3.63, 3.8) is 0 Å². The van der Waals surface area contributed by atoms with Gasteiger partial charge in [-0.2, -0.15) is 0 Å². The summed E-state index contributed by atoms with van der Waals surface area (Å²) in [6, 6.07) is 3.28. The Labute approximate surface area is 167 Å². The quantitative estimate of drug-likeness (QED) is 0.728. The fourth-order valence-corrected chi connectivity index (χ4v) is 3.02. The zero-order valence-corrected chi connectivity index (χ0v) is 17.4. The van der Waals surface area contributed by atoms with Gasteiger partial charge in [0.15, 0.2) is 10.4 Å². The molecule has 1 aromatic heterocycles. The van der Waals surface area contributed by atoms with Crippen molar-refractivity contribution >= 4 is 33.8 Å². The van der Waals surface area contributed by atoms with Gasteiger partial charge in [-0.25, -0.2) is 4.79 Å². The Bertz CT molecular complexity index is 675. The second kappa shape index (κ2) is 9.25. The summed E-state index contributed by atoms with van der Waals surface area (Å²) in [5.74, 6) is -0.0218. The molecule has 150 valence electrons. The van der Waals surface area contributed by atoms with E-state index in [1.807, 2.05) is 0 Å². The lowest BCUT2D eigenvalue weighted by Gasteiger charge is -2.32. The van der Waals surface area contributed by atoms with E-state index in [0.29, 0.717) is 30.6 Å². The highest BCUT2D eigenvalue weighted by Crippen LogP contribution is 2.16. The molecule has 2 N–H and O–H groups in total. The molecule has 0 aromatic carbocycles. The highest BCUT2D eigenvalue weighted by Gasteiger charge is 2.25. The van der Waals surface area contributed by atoms with Crippen molar-refractivity contribution < 1.29 is 23.5 Å². The summed E-state index contributed by atoms with van der Waals surface area (Å²) in [4.78, 5) is 37.7. The molecule has 9 heteroatoms. The van der Waals surface area contributed by atoms with Gasteiger partial charge in [-0.1, -0.05) is 0 Å². The van der Waals surface area contributed by atoms with Crippen molar-refractivity contribution in [1.82, 2.24) is 15.5 Å². The van der Waals surface area contributed by atoms with E-state index in [1.54, 1.807) is 37.8 Å². The van der Waals surface area contributed by atoms with Crippen molar-refractivity contribution in [3.05, 3.63) is 22.6 Å². The third-order valence-corrected chi connectivity index (χ3v) is 4.41. The predicted octanol–water partition coefficient (Wildman–Crippen LogP) is 2.68. The number of carbonyl (C=O) groups is 3. The summed E-state index contributed by atoms with van der Waals surface area (Å²) in [7, 11) is 0. The molecule has 0 unspecified atom stereocenters. The molecule has 8 nitrogen and oxygen atoms in total. The Morgan fingerprint density at radius 1 is 1.26 bits per heavy atom. The summed E-state index contributed by atoms with van der Waals surface area (Å²) in [6.45, 7) is 6.72. The number of carbonyl (C=O) groups excluding carboxylic acids is 3. The van der Waals surface area contributed by atoms with Crippen LogP contribution in [0.3, 0.4) is 0 Å². The predicted molar refractivity (Wildman–Crippen MR) is 102 cm³/mol. The first-order valence-electron chi connectivity index (χ1n) is 8.95. The zero-order chi connectivity index (χ0) is 20.0. The number of alkyl carbamates (subject to hydrolysis) is 1. The van der Waals surface area contributed by atoms with Gasteiger partial charge >= 0.3 is 6.09 Å². The number of piperidine rings is 1. The van der Waals surface area contributed by atoms with Crippen LogP contribution in [-0.2, 0) is 9.53 Å². The minimum atomic E-state index is -0.563. The molecule has 0 aliphatic carbocycles. The summed E-state index contributed by atoms with van der Waals surface area (Å²) >= 11 is 3.17. The molecule has 0 atom stereocenters. The molecule has 2 rings (SSSR count). The second-order valence-corrected chi connectivity index (χ2v) is 8.19. The molecule has 1 fully saturated rings. The molecule has 2 heterocycles. The van der Waals surface area contributed by atoms with Crippen LogP contribution in [0, 0.1) is 0 Å². The number of nitrogens with zero attached hydrogens (tertiary/aromatic N) is 1. The van der Waals surface area contributed by atoms with Gasteiger partial charge in [-0.15, -0.1) is 0 Å². The van der Waals surface area contributed by atoms with Gasteiger partial charge in [-0.3, -0.25) is 9.59 Å². The SMILES string of the molecule is CC(C)(C)OC(=O)NCCC(=O)N1CCC(NC(=O)c2ccc(Br)o2)CC1. The molecular formula is C18H26BrN3O5. The number of halogens is 1. The average molecular weight is 444 g/mol. The Morgan fingerprint density at radius 3 is 2.48 bits per heavy atom. The van der Waals surface area contributed by atoms with Crippen LogP contribution in [-0.4, -0.2) is 54.1 Å². The maximum atomic E-state index is 12.2. The number of likely N-dealkylation sites (tertiary alicyclic amines) is 1. The number of amides is 3. The highest BCUT2D eigenvalue weighted by molar-refractivity contribution is 9.10. The summed E-state index contributed by atoms with van der Waals surface area (Å²) in [5.41, 5.74) is -0.563. The minimum Gasteiger partial charge on any atom is -0.444 e. The molecule has 0 saturated carbocycles. The fraction of sp³-hybridized carbons (Fsp3) is 0.611. The van der Waals surface area contributed by atoms with E-state index in [-0.39, 0.29) is 36.6 Å². The minimum absolute atomic E-state index is 0.00492. The van der Waals surface area contributed by atoms with Crippen molar-refractivity contribution in [3.8, 4) is 0 Å². The number of hydrogen-bond acceptors (Lipinski definition) is 5. The maximum Gasteiger partial charge on any atom is 0.407 e. The first kappa shape index (κ1) is 21.3. The third-order valence-electron chi connectivity index (χ3n) is 3.99. The van der Waals surface area contributed by atoms with Crippen LogP contribution in [0.1, 0.15) is 50.6 Å². The van der Waals surface area contributed by atoms with E-state index in [0.717, 1.165) is 0 Å². The van der Waals surface area contributed by atoms with Crippen LogP contribution < -0.4 is 10.6 Å². The number of rotatable bonds is 5. The number of furan rings is 1. The molecule has 1 aromatic rings. The van der Waals surface area contributed by atoms with Crippen molar-refractivity contribution in [1.29, 1.82) is 0 Å². The smallest absolute Gasteiger partial charge is 0.407 e. The molecule has 1 aliphatic rings. The number of hydrogen-bond donors (Lipinski definition) is 2. The topological polar surface area (TPSA) is 101 Å². The maximum absolute atomic E-state index is 12.2. The number of ether oxygens (including phenoxy) is 1. The van der Waals surface area contributed by atoms with Gasteiger partial charge in [0.1, 0.15) is 5.60 Å². The molecule has 0 bridgehead atoms. The Kier molecular flexibility index (Phi) is 7.29. The van der Waals surface area contributed by atoms with Gasteiger partial charge in [0.25, 0.3) is 5.91 Å². The molecule has 0 radical (unpaired) electrons. The van der Waals surface area contributed by atoms with E-state index in [1.165, 1.54) is 0 Å². The third kappa shape index (κ3) is 7.24. The van der Waals surface area contributed by atoms with E-state index >= 15 is 0 Å². The second-order valence-electron chi connectivity index (χ2n) is 7.41. The van der Waals surface area contributed by atoms with Crippen LogP contribution in [0.25, 0.3) is 0 Å². The van der Waals surface area contributed by atoms with E-state index < -0.39 is 11.7 Å². The Morgan fingerprint density at radius 2 is 1.93 bits per heavy atom. The zero-order valence-electron chi connectivity index (χ0n) is 15.8. The van der Waals surface area contributed by atoms with Gasteiger partial charge in [0.2, 0.25) is 5.91 Å². The average Bonchev–Trinajstić information content (AvgIpc) is 3.00. The molecule has 27 heavy (non-hydrogen) atoms. The van der Waals surface area contributed by atoms with E-state index in [2.05, 4.69) is 26.6 Å². The monoisotopic (exact) mass is 443 g/mol. The lowest BCUT2D eigenvalue weighted by Crippen LogP contribution is -2.47. The van der Waals surface area contributed by atoms with Gasteiger partial charge in [-0.05, 0) is 61.7 Å². The lowest BCUT2D eigenvalue weighted by atomic mass is 10.0. The van der Waals surface area contributed by atoms with Crippen LogP contribution in [0.4, 0.5) is 4.79 Å². The number of nitrogens with one attached hydrogen (secondary N) is 2. The van der Waals surface area contributed by atoms with Crippen molar-refractivity contribution in [2.24, 2.45) is 0 Å². The van der Waals surface area contributed by atoms with Crippen LogP contribution in [0.5, 0.6) is 0 Å². The highest BCUT2D eigenvalue weighted by atomic mass is 79.9. The molecular weight excluding hydrogens is 418 g/mol. The van der Waals surface area contributed by atoms with Crippen molar-refractivity contribution in [2.45, 2.75) is 51.7 Å². The van der Waals surface area contributed by atoms with Crippen LogP contribution in [0.15, 0.2) is 21.2 Å². The van der Waals surface area contributed by atoms with E-state index in [9.17, 15) is 14.4 Å². The van der Waals surface area contributed by atoms with Crippen molar-refractivity contribution in [2.75, 3.05) is 19.6 Å². The first-order chi connectivity index (χ1) is 12.6. The van der Waals surface area contributed by atoms with Gasteiger partial charge in [0, 0.05) is 32.1 Å². The fourth-order valence-electron chi connectivity index (χ4n) is 2.71. The molecule has 1 saturated heterocycles. The lowest BCUT2D eigenvalue weighted by molar-refractivity contribution is -0.132. The molecule has 0 spiro atoms. The summed E-state index contributed by atoms with van der Waals surface area (Å²) in [5, 5.41) is 5.51. The molecule has 1 aliphatic heterocycles. The summed E-state index contributed by atoms with van der Waals surface area (Å²) in [6.07, 6.45) is 1.05. The summed E-state index contributed by atoms with van der Waals surface area (Å²) < 4.78 is 10.9. The molecule has 3 amide bonds. The normalized spacial score (nSPS) is 15.3. The van der Waals surface area contributed by atoms with Crippen LogP contribution in [0.2, 0.25) is 0 Å².